The molecule has 100 valence electrons. The Kier molecular flexibility index (Phi) is 4.65. The third-order valence-electron chi connectivity index (χ3n) is 4.27. The minimum atomic E-state index is 0.446. The molecule has 0 radical (unpaired) electrons. The van der Waals surface area contributed by atoms with Gasteiger partial charge >= 0.3 is 0 Å². The van der Waals surface area contributed by atoms with Gasteiger partial charge in [0, 0.05) is 24.8 Å². The van der Waals surface area contributed by atoms with Gasteiger partial charge in [0.2, 0.25) is 0 Å². The third kappa shape index (κ3) is 3.26. The molecule has 1 aromatic rings. The van der Waals surface area contributed by atoms with Crippen LogP contribution in [0.5, 0.6) is 0 Å². The van der Waals surface area contributed by atoms with E-state index in [4.69, 9.17) is 5.73 Å². The van der Waals surface area contributed by atoms with Crippen LogP contribution in [0, 0.1) is 12.8 Å². The molecule has 0 saturated heterocycles. The van der Waals surface area contributed by atoms with Crippen LogP contribution in [0.4, 0.5) is 5.69 Å². The average molecular weight is 246 g/mol. The number of anilines is 1. The van der Waals surface area contributed by atoms with Gasteiger partial charge < -0.3 is 10.6 Å². The first-order chi connectivity index (χ1) is 8.70. The molecule has 1 fully saturated rings. The highest BCUT2D eigenvalue weighted by atomic mass is 15.1. The van der Waals surface area contributed by atoms with E-state index in [-0.39, 0.29) is 0 Å². The number of nitrogens with zero attached hydrogens (tertiary/aromatic N) is 1. The van der Waals surface area contributed by atoms with Crippen molar-refractivity contribution in [2.24, 2.45) is 11.7 Å². The fourth-order valence-electron chi connectivity index (χ4n) is 2.97. The van der Waals surface area contributed by atoms with Crippen molar-refractivity contribution in [3.8, 4) is 0 Å². The Balaban J connectivity index is 1.91. The highest BCUT2D eigenvalue weighted by Gasteiger charge is 2.23. The fourth-order valence-corrected chi connectivity index (χ4v) is 2.97. The molecule has 0 aliphatic heterocycles. The normalized spacial score (nSPS) is 23.3. The van der Waals surface area contributed by atoms with E-state index >= 15 is 0 Å². The number of hydrogen-bond donors (Lipinski definition) is 1. The van der Waals surface area contributed by atoms with Crippen molar-refractivity contribution < 1.29 is 0 Å². The van der Waals surface area contributed by atoms with Gasteiger partial charge in [0.25, 0.3) is 0 Å². The molecule has 1 aromatic carbocycles. The van der Waals surface area contributed by atoms with Crippen molar-refractivity contribution in [2.45, 2.75) is 45.6 Å². The van der Waals surface area contributed by atoms with E-state index in [2.05, 4.69) is 43.0 Å². The summed E-state index contributed by atoms with van der Waals surface area (Å²) in [6.45, 7) is 6.58. The van der Waals surface area contributed by atoms with E-state index < -0.39 is 0 Å². The lowest BCUT2D eigenvalue weighted by Gasteiger charge is -2.26. The molecule has 1 aliphatic rings. The smallest absolute Gasteiger partial charge is 0.0366 e. The molecular weight excluding hydrogens is 220 g/mol. The van der Waals surface area contributed by atoms with Crippen molar-refractivity contribution in [2.75, 3.05) is 18.0 Å². The first-order valence-electron chi connectivity index (χ1n) is 7.28. The quantitative estimate of drug-likeness (QED) is 0.863. The molecular formula is C16H26N2. The van der Waals surface area contributed by atoms with Crippen LogP contribution < -0.4 is 10.6 Å². The second kappa shape index (κ2) is 6.24. The van der Waals surface area contributed by atoms with Crippen molar-refractivity contribution >= 4 is 5.69 Å². The standard InChI is InChI=1S/C16H26N2/c1-3-18(15-9-7-13(2)8-10-15)12-11-14-5-4-6-16(14)17/h7-10,14,16H,3-6,11-12,17H2,1-2H3. The minimum absolute atomic E-state index is 0.446. The van der Waals surface area contributed by atoms with Gasteiger partial charge in [-0.05, 0) is 51.2 Å². The zero-order chi connectivity index (χ0) is 13.0. The van der Waals surface area contributed by atoms with Crippen LogP contribution in [0.2, 0.25) is 0 Å². The Labute approximate surface area is 111 Å². The monoisotopic (exact) mass is 246 g/mol. The van der Waals surface area contributed by atoms with Crippen molar-refractivity contribution in [1.82, 2.24) is 0 Å². The van der Waals surface area contributed by atoms with E-state index in [0.29, 0.717) is 6.04 Å². The molecule has 2 unspecified atom stereocenters. The summed E-state index contributed by atoms with van der Waals surface area (Å²) < 4.78 is 0. The van der Waals surface area contributed by atoms with Crippen LogP contribution in [0.1, 0.15) is 38.2 Å². The summed E-state index contributed by atoms with van der Waals surface area (Å²) in [5.74, 6) is 0.740. The first-order valence-corrected chi connectivity index (χ1v) is 7.28. The molecule has 0 heterocycles. The highest BCUT2D eigenvalue weighted by molar-refractivity contribution is 5.47. The van der Waals surface area contributed by atoms with Crippen molar-refractivity contribution in [3.05, 3.63) is 29.8 Å². The van der Waals surface area contributed by atoms with Gasteiger partial charge in [-0.2, -0.15) is 0 Å². The molecule has 18 heavy (non-hydrogen) atoms. The van der Waals surface area contributed by atoms with Crippen LogP contribution in [0.3, 0.4) is 0 Å². The van der Waals surface area contributed by atoms with Crippen molar-refractivity contribution in [3.63, 3.8) is 0 Å². The third-order valence-corrected chi connectivity index (χ3v) is 4.27. The highest BCUT2D eigenvalue weighted by Crippen LogP contribution is 2.27. The molecule has 1 saturated carbocycles. The lowest BCUT2D eigenvalue weighted by molar-refractivity contribution is 0.447. The minimum Gasteiger partial charge on any atom is -0.372 e. The largest absolute Gasteiger partial charge is 0.372 e. The van der Waals surface area contributed by atoms with Crippen LogP contribution in [0.25, 0.3) is 0 Å². The molecule has 0 spiro atoms. The van der Waals surface area contributed by atoms with Gasteiger partial charge in [-0.15, -0.1) is 0 Å². The molecule has 0 aromatic heterocycles. The maximum Gasteiger partial charge on any atom is 0.0366 e. The molecule has 2 heteroatoms. The zero-order valence-electron chi connectivity index (χ0n) is 11.7. The summed E-state index contributed by atoms with van der Waals surface area (Å²) in [6, 6.07) is 9.29. The summed E-state index contributed by atoms with van der Waals surface area (Å²) in [7, 11) is 0. The second-order valence-corrected chi connectivity index (χ2v) is 5.56. The number of benzene rings is 1. The van der Waals surface area contributed by atoms with E-state index in [9.17, 15) is 0 Å². The van der Waals surface area contributed by atoms with Crippen LogP contribution in [-0.2, 0) is 0 Å². The van der Waals surface area contributed by atoms with Gasteiger partial charge in [0.15, 0.2) is 0 Å². The first kappa shape index (κ1) is 13.4. The Morgan fingerprint density at radius 2 is 1.94 bits per heavy atom. The Morgan fingerprint density at radius 3 is 2.50 bits per heavy atom. The lowest BCUT2D eigenvalue weighted by Crippen LogP contribution is -2.30. The maximum absolute atomic E-state index is 6.15. The predicted octanol–water partition coefficient (Wildman–Crippen LogP) is 3.34. The predicted molar refractivity (Wildman–Crippen MR) is 79.0 cm³/mol. The van der Waals surface area contributed by atoms with Gasteiger partial charge in [-0.1, -0.05) is 24.1 Å². The van der Waals surface area contributed by atoms with Gasteiger partial charge in [-0.25, -0.2) is 0 Å². The SMILES string of the molecule is CCN(CCC1CCCC1N)c1ccc(C)cc1. The van der Waals surface area contributed by atoms with Crippen LogP contribution >= 0.6 is 0 Å². The zero-order valence-corrected chi connectivity index (χ0v) is 11.7. The maximum atomic E-state index is 6.15. The molecule has 0 bridgehead atoms. The molecule has 0 amide bonds. The van der Waals surface area contributed by atoms with Gasteiger partial charge in [-0.3, -0.25) is 0 Å². The van der Waals surface area contributed by atoms with Gasteiger partial charge in [0.1, 0.15) is 0 Å². The topological polar surface area (TPSA) is 29.3 Å². The van der Waals surface area contributed by atoms with E-state index in [1.54, 1.807) is 0 Å². The van der Waals surface area contributed by atoms with Crippen LogP contribution in [0.15, 0.2) is 24.3 Å². The Morgan fingerprint density at radius 1 is 1.22 bits per heavy atom. The summed E-state index contributed by atoms with van der Waals surface area (Å²) >= 11 is 0. The molecule has 2 N–H and O–H groups in total. The summed E-state index contributed by atoms with van der Waals surface area (Å²) in [4.78, 5) is 2.46. The lowest BCUT2D eigenvalue weighted by atomic mass is 10.00. The number of aryl methyl sites for hydroxylation is 1. The summed E-state index contributed by atoms with van der Waals surface area (Å²) in [5, 5.41) is 0. The molecule has 2 nitrogen and oxygen atoms in total. The van der Waals surface area contributed by atoms with Crippen molar-refractivity contribution in [1.29, 1.82) is 0 Å². The van der Waals surface area contributed by atoms with E-state index in [1.165, 1.54) is 36.9 Å². The number of nitrogens with two attached hydrogens (primary N) is 1. The molecule has 1 aliphatic carbocycles. The van der Waals surface area contributed by atoms with Crippen LogP contribution in [-0.4, -0.2) is 19.1 Å². The second-order valence-electron chi connectivity index (χ2n) is 5.56. The fraction of sp³-hybridized carbons (Fsp3) is 0.625. The van der Waals surface area contributed by atoms with E-state index in [0.717, 1.165) is 19.0 Å². The van der Waals surface area contributed by atoms with E-state index in [1.807, 2.05) is 0 Å². The molecule has 2 atom stereocenters. The Bertz CT molecular complexity index is 358. The Hall–Kier alpha value is -1.02. The van der Waals surface area contributed by atoms with Gasteiger partial charge in [0.05, 0.1) is 0 Å². The molecule has 2 rings (SSSR count). The number of hydrogen-bond acceptors (Lipinski definition) is 2. The average Bonchev–Trinajstić information content (AvgIpc) is 2.78. The summed E-state index contributed by atoms with van der Waals surface area (Å²) in [5.41, 5.74) is 8.82. The summed E-state index contributed by atoms with van der Waals surface area (Å²) in [6.07, 6.45) is 5.11. The number of rotatable bonds is 5.